The highest BCUT2D eigenvalue weighted by atomic mass is 28.4. The Bertz CT molecular complexity index is 2180. The van der Waals surface area contributed by atoms with Gasteiger partial charge in [0, 0.05) is 25.6 Å². The molecule has 0 amide bonds. The largest absolute Gasteiger partial charge is 0.463 e. The maximum Gasteiger partial charge on any atom is 0.351 e. The summed E-state index contributed by atoms with van der Waals surface area (Å²) in [6.07, 6.45) is -4.52. The highest BCUT2D eigenvalue weighted by Crippen LogP contribution is 2.48. The van der Waals surface area contributed by atoms with E-state index in [-0.39, 0.29) is 18.0 Å². The second-order valence-electron chi connectivity index (χ2n) is 15.0. The smallest absolute Gasteiger partial charge is 0.351 e. The van der Waals surface area contributed by atoms with Crippen molar-refractivity contribution in [2.45, 2.75) is 76.4 Å². The number of carbonyl (C=O) groups is 3. The standard InChI is InChI=1S/C44H47N3O9Si/c1-30(48)53-29-44(40(52-28-32-18-10-6-11-19-32)38(54-31(2)49)41(55-44)47-27-26-36(45)46-42(47)51)39(37(50)33-20-12-7-13-21-33)56-57(43(3,4)5,34-22-14-8-15-23-34)35-24-16-9-17-25-35/h6-27,38-41H,28-29H2,1-5H3,(H2,45,46,51)/t38-,39?,40+,41-,44-/m1/s1. The van der Waals surface area contributed by atoms with Gasteiger partial charge in [0.2, 0.25) is 0 Å². The van der Waals surface area contributed by atoms with Crippen molar-refractivity contribution in [2.24, 2.45) is 0 Å². The Kier molecular flexibility index (Phi) is 12.3. The molecule has 57 heavy (non-hydrogen) atoms. The minimum Gasteiger partial charge on any atom is -0.463 e. The zero-order valence-electron chi connectivity index (χ0n) is 32.6. The molecule has 1 aliphatic rings. The Morgan fingerprint density at radius 3 is 1.88 bits per heavy atom. The van der Waals surface area contributed by atoms with Gasteiger partial charge in [-0.05, 0) is 27.0 Å². The van der Waals surface area contributed by atoms with E-state index in [2.05, 4.69) is 25.8 Å². The van der Waals surface area contributed by atoms with Crippen LogP contribution in [0.5, 0.6) is 0 Å². The van der Waals surface area contributed by atoms with Gasteiger partial charge in [0.05, 0.1) is 6.61 Å². The van der Waals surface area contributed by atoms with Crippen molar-refractivity contribution in [3.63, 3.8) is 0 Å². The molecule has 13 heteroatoms. The van der Waals surface area contributed by atoms with Crippen molar-refractivity contribution in [2.75, 3.05) is 12.3 Å². The normalized spacial score (nSPS) is 20.1. The molecule has 4 aromatic carbocycles. The van der Waals surface area contributed by atoms with Crippen molar-refractivity contribution in [1.29, 1.82) is 0 Å². The van der Waals surface area contributed by atoms with E-state index in [1.54, 1.807) is 30.3 Å². The Hall–Kier alpha value is -5.73. The number of hydrogen-bond acceptors (Lipinski definition) is 11. The number of benzene rings is 4. The second-order valence-corrected chi connectivity index (χ2v) is 19.2. The number of hydrogen-bond donors (Lipinski definition) is 1. The Labute approximate surface area is 332 Å². The van der Waals surface area contributed by atoms with Crippen LogP contribution >= 0.6 is 0 Å². The fraction of sp³-hybridized carbons (Fsp3) is 0.295. The molecule has 6 rings (SSSR count). The van der Waals surface area contributed by atoms with Crippen LogP contribution in [-0.2, 0) is 39.6 Å². The van der Waals surface area contributed by atoms with E-state index in [0.29, 0.717) is 0 Å². The van der Waals surface area contributed by atoms with Crippen LogP contribution in [0.25, 0.3) is 0 Å². The predicted octanol–water partition coefficient (Wildman–Crippen LogP) is 5.00. The molecule has 0 aliphatic carbocycles. The zero-order valence-corrected chi connectivity index (χ0v) is 33.6. The molecule has 1 fully saturated rings. The van der Waals surface area contributed by atoms with Gasteiger partial charge in [-0.3, -0.25) is 19.0 Å². The highest BCUT2D eigenvalue weighted by Gasteiger charge is 2.67. The van der Waals surface area contributed by atoms with Crippen LogP contribution < -0.4 is 21.8 Å². The first-order valence-electron chi connectivity index (χ1n) is 18.6. The van der Waals surface area contributed by atoms with Crippen LogP contribution in [0.2, 0.25) is 5.04 Å². The van der Waals surface area contributed by atoms with Crippen molar-refractivity contribution in [3.05, 3.63) is 155 Å². The van der Waals surface area contributed by atoms with E-state index in [1.807, 2.05) is 91.0 Å². The molecule has 296 valence electrons. The fourth-order valence-corrected chi connectivity index (χ4v) is 12.2. The molecule has 5 atom stereocenters. The first kappa shape index (κ1) is 40.9. The van der Waals surface area contributed by atoms with E-state index in [0.717, 1.165) is 20.5 Å². The molecule has 1 unspecified atom stereocenters. The number of ketones is 1. The van der Waals surface area contributed by atoms with Gasteiger partial charge in [0.1, 0.15) is 24.6 Å². The number of anilines is 1. The molecule has 1 aliphatic heterocycles. The number of carbonyl (C=O) groups excluding carboxylic acids is 3. The summed E-state index contributed by atoms with van der Waals surface area (Å²) in [6.45, 7) is 7.97. The lowest BCUT2D eigenvalue weighted by atomic mass is 9.85. The lowest BCUT2D eigenvalue weighted by Crippen LogP contribution is -2.72. The number of ether oxygens (including phenoxy) is 4. The van der Waals surface area contributed by atoms with E-state index in [1.165, 1.54) is 26.1 Å². The van der Waals surface area contributed by atoms with Gasteiger partial charge in [-0.25, -0.2) is 4.79 Å². The molecule has 5 aromatic rings. The molecule has 12 nitrogen and oxygen atoms in total. The fourth-order valence-electron chi connectivity index (χ4n) is 7.54. The first-order chi connectivity index (χ1) is 27.3. The number of Topliss-reactive ketones (excluding diaryl/α,β-unsaturated/α-hetero) is 1. The summed E-state index contributed by atoms with van der Waals surface area (Å²) in [5, 5.41) is 1.05. The number of nitrogens with two attached hydrogens (primary N) is 1. The Morgan fingerprint density at radius 2 is 1.37 bits per heavy atom. The molecule has 0 spiro atoms. The third-order valence-corrected chi connectivity index (χ3v) is 15.0. The maximum atomic E-state index is 15.6. The molecular formula is C44H47N3O9Si. The van der Waals surface area contributed by atoms with Crippen molar-refractivity contribution >= 4 is 42.2 Å². The molecule has 0 bridgehead atoms. The average Bonchev–Trinajstić information content (AvgIpc) is 3.49. The number of rotatable bonds is 14. The maximum absolute atomic E-state index is 15.6. The third kappa shape index (κ3) is 8.52. The average molecular weight is 790 g/mol. The summed E-state index contributed by atoms with van der Waals surface area (Å²) < 4.78 is 34.5. The topological polar surface area (TPSA) is 158 Å². The Morgan fingerprint density at radius 1 is 0.825 bits per heavy atom. The van der Waals surface area contributed by atoms with Crippen molar-refractivity contribution in [3.8, 4) is 0 Å². The highest BCUT2D eigenvalue weighted by molar-refractivity contribution is 6.99. The summed E-state index contributed by atoms with van der Waals surface area (Å²) in [5.74, 6) is -1.97. The van der Waals surface area contributed by atoms with Crippen LogP contribution in [0.1, 0.15) is 56.8 Å². The molecule has 2 heterocycles. The summed E-state index contributed by atoms with van der Waals surface area (Å²) in [5.41, 5.74) is 4.01. The lowest BCUT2D eigenvalue weighted by Gasteiger charge is -2.49. The number of aromatic nitrogens is 2. The summed E-state index contributed by atoms with van der Waals surface area (Å²) in [7, 11) is -3.67. The minimum absolute atomic E-state index is 0.0477. The number of nitrogen functional groups attached to an aromatic ring is 1. The van der Waals surface area contributed by atoms with Crippen LogP contribution in [0.3, 0.4) is 0 Å². The molecule has 0 saturated carbocycles. The quantitative estimate of drug-likeness (QED) is 0.0917. The van der Waals surface area contributed by atoms with Crippen molar-refractivity contribution < 1.29 is 37.8 Å². The molecule has 0 radical (unpaired) electrons. The van der Waals surface area contributed by atoms with Crippen LogP contribution in [0.15, 0.2) is 138 Å². The van der Waals surface area contributed by atoms with Crippen LogP contribution in [0.4, 0.5) is 5.82 Å². The minimum atomic E-state index is -3.67. The summed E-state index contributed by atoms with van der Waals surface area (Å²) in [6, 6.07) is 38.6. The van der Waals surface area contributed by atoms with Gasteiger partial charge in [-0.15, -0.1) is 0 Å². The van der Waals surface area contributed by atoms with E-state index in [4.69, 9.17) is 29.1 Å². The van der Waals surface area contributed by atoms with Gasteiger partial charge in [-0.1, -0.05) is 142 Å². The number of esters is 2. The van der Waals surface area contributed by atoms with Crippen molar-refractivity contribution in [1.82, 2.24) is 9.55 Å². The monoisotopic (exact) mass is 789 g/mol. The lowest BCUT2D eigenvalue weighted by molar-refractivity contribution is -0.192. The molecular weight excluding hydrogens is 743 g/mol. The first-order valence-corrected chi connectivity index (χ1v) is 20.5. The predicted molar refractivity (Wildman–Crippen MR) is 216 cm³/mol. The molecule has 1 saturated heterocycles. The van der Waals surface area contributed by atoms with Gasteiger partial charge < -0.3 is 29.1 Å². The summed E-state index contributed by atoms with van der Waals surface area (Å²) in [4.78, 5) is 59.0. The zero-order chi connectivity index (χ0) is 40.8. The SMILES string of the molecule is CC(=O)OC[C@]1(C(O[Si](c2ccccc2)(c2ccccc2)C(C)(C)C)C(=O)c2ccccc2)O[C@@H](n2ccc(N)nc2=O)[C@H](OC(C)=O)[C@@H]1OCc1ccccc1. The van der Waals surface area contributed by atoms with Gasteiger partial charge in [0.15, 0.2) is 23.7 Å². The van der Waals surface area contributed by atoms with Gasteiger partial charge in [-0.2, -0.15) is 4.98 Å². The molecule has 2 N–H and O–H groups in total. The van der Waals surface area contributed by atoms with Crippen LogP contribution in [-0.4, -0.2) is 66.1 Å². The van der Waals surface area contributed by atoms with Gasteiger partial charge in [0.25, 0.3) is 8.32 Å². The van der Waals surface area contributed by atoms with E-state index in [9.17, 15) is 14.4 Å². The van der Waals surface area contributed by atoms with E-state index >= 15 is 4.79 Å². The second kappa shape index (κ2) is 17.2. The summed E-state index contributed by atoms with van der Waals surface area (Å²) >= 11 is 0. The van der Waals surface area contributed by atoms with Gasteiger partial charge >= 0.3 is 17.6 Å². The van der Waals surface area contributed by atoms with E-state index < -0.39 is 73.5 Å². The molecule has 1 aromatic heterocycles. The Balaban J connectivity index is 1.69. The third-order valence-electron chi connectivity index (χ3n) is 10.1. The number of nitrogens with zero attached hydrogens (tertiary/aromatic N) is 2. The van der Waals surface area contributed by atoms with Crippen LogP contribution in [0, 0.1) is 0 Å².